The highest BCUT2D eigenvalue weighted by atomic mass is 35.5. The number of halogens is 1. The predicted octanol–water partition coefficient (Wildman–Crippen LogP) is 3.23. The van der Waals surface area contributed by atoms with E-state index in [2.05, 4.69) is 33.3 Å². The van der Waals surface area contributed by atoms with Gasteiger partial charge in [-0.15, -0.1) is 0 Å². The highest BCUT2D eigenvalue weighted by Gasteiger charge is 2.36. The largest absolute Gasteiger partial charge is 0.344 e. The maximum absolute atomic E-state index is 5.99. The second-order valence-corrected chi connectivity index (χ2v) is 5.76. The predicted molar refractivity (Wildman–Crippen MR) is 78.8 cm³/mol. The van der Waals surface area contributed by atoms with Crippen LogP contribution >= 0.6 is 11.6 Å². The van der Waals surface area contributed by atoms with E-state index in [-0.39, 0.29) is 6.04 Å². The van der Waals surface area contributed by atoms with Crippen molar-refractivity contribution in [2.45, 2.75) is 44.7 Å². The number of likely N-dealkylation sites (N-methyl/N-ethyl adjacent to an activating group) is 1. The summed E-state index contributed by atoms with van der Waals surface area (Å²) in [6.45, 7) is 6.41. The number of aromatic nitrogens is 2. The molecule has 1 aliphatic carbocycles. The van der Waals surface area contributed by atoms with Crippen molar-refractivity contribution >= 4 is 23.1 Å². The lowest BCUT2D eigenvalue weighted by Crippen LogP contribution is -2.49. The molecule has 0 saturated heterocycles. The Morgan fingerprint density at radius 2 is 2.05 bits per heavy atom. The van der Waals surface area contributed by atoms with Gasteiger partial charge in [0.15, 0.2) is 5.82 Å². The summed E-state index contributed by atoms with van der Waals surface area (Å²) in [5, 5.41) is 0.315. The first-order valence-corrected chi connectivity index (χ1v) is 7.21. The van der Waals surface area contributed by atoms with Gasteiger partial charge in [0.05, 0.1) is 12.2 Å². The van der Waals surface area contributed by atoms with Crippen LogP contribution in [0.2, 0.25) is 5.28 Å². The van der Waals surface area contributed by atoms with Gasteiger partial charge in [-0.05, 0) is 31.4 Å². The Balaban J connectivity index is 2.10. The van der Waals surface area contributed by atoms with Crippen LogP contribution < -0.4 is 9.80 Å². The third-order valence-electron chi connectivity index (χ3n) is 4.37. The van der Waals surface area contributed by atoms with Crippen LogP contribution in [0.1, 0.15) is 32.6 Å². The smallest absolute Gasteiger partial charge is 0.224 e. The van der Waals surface area contributed by atoms with E-state index < -0.39 is 0 Å². The highest BCUT2D eigenvalue weighted by molar-refractivity contribution is 6.28. The van der Waals surface area contributed by atoms with Crippen molar-refractivity contribution in [2.75, 3.05) is 16.8 Å². The van der Waals surface area contributed by atoms with Crippen molar-refractivity contribution in [1.29, 1.82) is 0 Å². The van der Waals surface area contributed by atoms with Gasteiger partial charge in [0.25, 0.3) is 0 Å². The van der Waals surface area contributed by atoms with E-state index >= 15 is 0 Å². The Hall–Kier alpha value is -1.29. The summed E-state index contributed by atoms with van der Waals surface area (Å²) in [6.07, 6.45) is 6.84. The molecule has 1 unspecified atom stereocenters. The summed E-state index contributed by atoms with van der Waals surface area (Å²) >= 11 is 5.99. The molecule has 1 atom stereocenters. The summed E-state index contributed by atoms with van der Waals surface area (Å²) in [6, 6.07) is 0.803. The third kappa shape index (κ3) is 1.98. The molecule has 5 heteroatoms. The molecule has 0 radical (unpaired) electrons. The lowest BCUT2D eigenvalue weighted by atomic mass is 10.1. The summed E-state index contributed by atoms with van der Waals surface area (Å²) < 4.78 is 0. The molecule has 1 aliphatic heterocycles. The number of hydrogen-bond donors (Lipinski definition) is 0. The molecule has 1 aromatic heterocycles. The van der Waals surface area contributed by atoms with Gasteiger partial charge in [-0.3, -0.25) is 0 Å². The van der Waals surface area contributed by atoms with Crippen molar-refractivity contribution in [3.8, 4) is 0 Å². The quantitative estimate of drug-likeness (QED) is 0.738. The van der Waals surface area contributed by atoms with Gasteiger partial charge in [0.1, 0.15) is 5.69 Å². The lowest BCUT2D eigenvalue weighted by Gasteiger charge is -2.45. The molecule has 0 aromatic carbocycles. The molecule has 19 heavy (non-hydrogen) atoms. The van der Waals surface area contributed by atoms with Crippen molar-refractivity contribution < 1.29 is 0 Å². The summed E-state index contributed by atoms with van der Waals surface area (Å²) in [4.78, 5) is 13.0. The molecule has 1 aromatic rings. The highest BCUT2D eigenvalue weighted by Crippen LogP contribution is 2.41. The fourth-order valence-corrected chi connectivity index (χ4v) is 3.35. The van der Waals surface area contributed by atoms with Gasteiger partial charge in [-0.25, -0.2) is 4.98 Å². The molecule has 4 nitrogen and oxygen atoms in total. The monoisotopic (exact) mass is 278 g/mol. The SMILES string of the molecule is C=C1C(C)N(C2CCCC2)c2nc(Cl)ncc2N1C. The summed E-state index contributed by atoms with van der Waals surface area (Å²) in [5.74, 6) is 0.953. The van der Waals surface area contributed by atoms with E-state index in [1.165, 1.54) is 25.7 Å². The van der Waals surface area contributed by atoms with Crippen LogP contribution in [0, 0.1) is 0 Å². The molecule has 0 N–H and O–H groups in total. The zero-order chi connectivity index (χ0) is 13.6. The maximum atomic E-state index is 5.99. The number of hydrogen-bond acceptors (Lipinski definition) is 4. The Labute approximate surface area is 119 Å². The minimum absolute atomic E-state index is 0.256. The standard InChI is InChI=1S/C14H19ClN4/c1-9-10(2)19(11-6-4-5-7-11)13-12(18(9)3)8-16-14(15)17-13/h8,10-11H,1,4-7H2,2-3H3. The minimum Gasteiger partial charge on any atom is -0.344 e. The molecule has 2 aliphatic rings. The van der Waals surface area contributed by atoms with Gasteiger partial charge in [-0.2, -0.15) is 4.98 Å². The van der Waals surface area contributed by atoms with Gasteiger partial charge >= 0.3 is 0 Å². The van der Waals surface area contributed by atoms with Crippen molar-refractivity contribution in [1.82, 2.24) is 9.97 Å². The fraction of sp³-hybridized carbons (Fsp3) is 0.571. The van der Waals surface area contributed by atoms with Crippen LogP contribution in [-0.2, 0) is 0 Å². The maximum Gasteiger partial charge on any atom is 0.224 e. The molecule has 0 spiro atoms. The second kappa shape index (κ2) is 4.67. The second-order valence-electron chi connectivity index (χ2n) is 5.42. The first-order valence-electron chi connectivity index (χ1n) is 6.83. The number of fused-ring (bicyclic) bond motifs is 1. The molecule has 3 rings (SSSR count). The average molecular weight is 279 g/mol. The Morgan fingerprint density at radius 1 is 1.37 bits per heavy atom. The van der Waals surface area contributed by atoms with Crippen molar-refractivity contribution in [3.05, 3.63) is 23.8 Å². The first kappa shape index (κ1) is 12.7. The van der Waals surface area contributed by atoms with Crippen LogP contribution in [0.3, 0.4) is 0 Å². The molecule has 1 fully saturated rings. The van der Waals surface area contributed by atoms with E-state index in [0.717, 1.165) is 17.2 Å². The molecule has 0 amide bonds. The molecular formula is C14H19ClN4. The van der Waals surface area contributed by atoms with E-state index in [1.807, 2.05) is 7.05 Å². The third-order valence-corrected chi connectivity index (χ3v) is 4.56. The minimum atomic E-state index is 0.256. The van der Waals surface area contributed by atoms with Crippen molar-refractivity contribution in [2.24, 2.45) is 0 Å². The van der Waals surface area contributed by atoms with E-state index in [0.29, 0.717) is 11.3 Å². The zero-order valence-corrected chi connectivity index (χ0v) is 12.2. The Bertz CT molecular complexity index is 510. The van der Waals surface area contributed by atoms with E-state index in [4.69, 9.17) is 11.6 Å². The molecule has 0 bridgehead atoms. The lowest BCUT2D eigenvalue weighted by molar-refractivity contribution is 0.542. The summed E-state index contributed by atoms with van der Waals surface area (Å²) in [7, 11) is 2.01. The van der Waals surface area contributed by atoms with Crippen molar-refractivity contribution in [3.63, 3.8) is 0 Å². The van der Waals surface area contributed by atoms with Gasteiger partial charge < -0.3 is 9.80 Å². The normalized spacial score (nSPS) is 23.9. The fourth-order valence-electron chi connectivity index (χ4n) is 3.22. The molecule has 2 heterocycles. The summed E-state index contributed by atoms with van der Waals surface area (Å²) in [5.41, 5.74) is 2.09. The van der Waals surface area contributed by atoms with Crippen LogP contribution in [0.15, 0.2) is 18.5 Å². The number of anilines is 2. The van der Waals surface area contributed by atoms with Crippen LogP contribution in [0.4, 0.5) is 11.5 Å². The Morgan fingerprint density at radius 3 is 2.74 bits per heavy atom. The van der Waals surface area contributed by atoms with E-state index in [9.17, 15) is 0 Å². The van der Waals surface area contributed by atoms with Gasteiger partial charge in [-0.1, -0.05) is 19.4 Å². The molecule has 1 saturated carbocycles. The Kier molecular flexibility index (Phi) is 3.13. The number of rotatable bonds is 1. The van der Waals surface area contributed by atoms with E-state index in [1.54, 1.807) is 6.20 Å². The van der Waals surface area contributed by atoms with Gasteiger partial charge in [0, 0.05) is 18.8 Å². The zero-order valence-electron chi connectivity index (χ0n) is 11.4. The number of nitrogens with zero attached hydrogens (tertiary/aromatic N) is 4. The first-order chi connectivity index (χ1) is 9.09. The van der Waals surface area contributed by atoms with Crippen LogP contribution in [-0.4, -0.2) is 29.1 Å². The topological polar surface area (TPSA) is 32.3 Å². The van der Waals surface area contributed by atoms with Crippen LogP contribution in [0.5, 0.6) is 0 Å². The van der Waals surface area contributed by atoms with Gasteiger partial charge in [0.2, 0.25) is 5.28 Å². The average Bonchev–Trinajstić information content (AvgIpc) is 2.90. The van der Waals surface area contributed by atoms with Crippen LogP contribution in [0.25, 0.3) is 0 Å². The molecule has 102 valence electrons. The molecular weight excluding hydrogens is 260 g/mol.